The molecule has 1 heteroatoms. The van der Waals surface area contributed by atoms with Gasteiger partial charge in [-0.05, 0) is 53.8 Å². The van der Waals surface area contributed by atoms with E-state index in [2.05, 4.69) is 100 Å². The van der Waals surface area contributed by atoms with E-state index in [1.54, 1.807) is 0 Å². The van der Waals surface area contributed by atoms with Gasteiger partial charge in [0.25, 0.3) is 0 Å². The zero-order valence-electron chi connectivity index (χ0n) is 18.7. The molecule has 0 saturated carbocycles. The summed E-state index contributed by atoms with van der Waals surface area (Å²) in [7, 11) is 0. The zero-order valence-corrected chi connectivity index (χ0v) is 18.7. The van der Waals surface area contributed by atoms with Crippen LogP contribution in [0.5, 0.6) is 0 Å². The minimum absolute atomic E-state index is 0.0354. The number of nitriles is 1. The van der Waals surface area contributed by atoms with Crippen LogP contribution < -0.4 is 0 Å². The average molecular weight is 346 g/mol. The number of rotatable bonds is 9. The van der Waals surface area contributed by atoms with E-state index in [1.165, 1.54) is 0 Å². The lowest BCUT2D eigenvalue weighted by Crippen LogP contribution is -2.42. The summed E-state index contributed by atoms with van der Waals surface area (Å²) in [6.45, 7) is 26.8. The third kappa shape index (κ3) is 6.65. The maximum Gasteiger partial charge on any atom is 0.0661 e. The molecule has 0 aromatic rings. The first kappa shape index (κ1) is 24.0. The first-order valence-electron chi connectivity index (χ1n) is 9.78. The Morgan fingerprint density at radius 3 is 1.84 bits per heavy atom. The van der Waals surface area contributed by atoms with E-state index in [0.717, 1.165) is 19.3 Å². The standard InChI is InChI=1S/C24H43N/c1-12-14-15-22(6,7)16-20(18-25)24(10,11)23(8,9)17-19(13-2)21(3,4)5/h12-14,19-20H,2,15-17H2,1,3-11H3/b14-12-. The summed E-state index contributed by atoms with van der Waals surface area (Å²) in [4.78, 5) is 0. The van der Waals surface area contributed by atoms with Gasteiger partial charge in [-0.1, -0.05) is 80.5 Å². The van der Waals surface area contributed by atoms with Gasteiger partial charge in [0, 0.05) is 0 Å². The van der Waals surface area contributed by atoms with Crippen LogP contribution in [-0.2, 0) is 0 Å². The molecular formula is C24H43N. The van der Waals surface area contributed by atoms with Crippen molar-refractivity contribution in [3.8, 4) is 6.07 Å². The van der Waals surface area contributed by atoms with E-state index < -0.39 is 0 Å². The van der Waals surface area contributed by atoms with Crippen LogP contribution in [0.15, 0.2) is 24.8 Å². The summed E-state index contributed by atoms with van der Waals surface area (Å²) in [5.41, 5.74) is 0.322. The Morgan fingerprint density at radius 2 is 1.48 bits per heavy atom. The highest BCUT2D eigenvalue weighted by molar-refractivity contribution is 5.05. The summed E-state index contributed by atoms with van der Waals surface area (Å²) in [6.07, 6.45) is 9.44. The highest BCUT2D eigenvalue weighted by Crippen LogP contribution is 2.53. The van der Waals surface area contributed by atoms with Crippen molar-refractivity contribution in [3.63, 3.8) is 0 Å². The third-order valence-electron chi connectivity index (χ3n) is 6.56. The molecule has 0 saturated heterocycles. The van der Waals surface area contributed by atoms with Crippen LogP contribution in [0.25, 0.3) is 0 Å². The minimum atomic E-state index is -0.0680. The van der Waals surface area contributed by atoms with Gasteiger partial charge in [-0.3, -0.25) is 0 Å². The first-order valence-corrected chi connectivity index (χ1v) is 9.78. The quantitative estimate of drug-likeness (QED) is 0.391. The maximum absolute atomic E-state index is 9.98. The van der Waals surface area contributed by atoms with Crippen LogP contribution in [0.2, 0.25) is 0 Å². The topological polar surface area (TPSA) is 23.8 Å². The Bertz CT molecular complexity index is 491. The van der Waals surface area contributed by atoms with Gasteiger partial charge in [0.05, 0.1) is 12.0 Å². The molecule has 25 heavy (non-hydrogen) atoms. The molecule has 0 amide bonds. The van der Waals surface area contributed by atoms with Crippen LogP contribution in [0, 0.1) is 44.8 Å². The second kappa shape index (κ2) is 8.57. The molecule has 0 fully saturated rings. The summed E-state index contributed by atoms with van der Waals surface area (Å²) in [5.74, 6) is 0.477. The lowest BCUT2D eigenvalue weighted by Gasteiger charge is -2.49. The van der Waals surface area contributed by atoms with Gasteiger partial charge in [0.1, 0.15) is 0 Å². The number of hydrogen-bond donors (Lipinski definition) is 0. The van der Waals surface area contributed by atoms with E-state index in [0.29, 0.717) is 5.92 Å². The first-order chi connectivity index (χ1) is 11.1. The largest absolute Gasteiger partial charge is 0.198 e. The van der Waals surface area contributed by atoms with Crippen molar-refractivity contribution in [1.82, 2.24) is 0 Å². The molecule has 0 aliphatic rings. The summed E-state index contributed by atoms with van der Waals surface area (Å²) in [5, 5.41) is 9.98. The van der Waals surface area contributed by atoms with Crippen LogP contribution in [0.3, 0.4) is 0 Å². The van der Waals surface area contributed by atoms with Crippen molar-refractivity contribution >= 4 is 0 Å². The minimum Gasteiger partial charge on any atom is -0.198 e. The second-order valence-electron chi connectivity index (χ2n) is 10.8. The molecule has 0 aromatic carbocycles. The fourth-order valence-electron chi connectivity index (χ4n) is 3.56. The monoisotopic (exact) mass is 345 g/mol. The van der Waals surface area contributed by atoms with Crippen molar-refractivity contribution in [2.45, 2.75) is 88.5 Å². The molecule has 0 radical (unpaired) electrons. The maximum atomic E-state index is 9.98. The predicted octanol–water partition coefficient (Wildman–Crippen LogP) is 7.80. The fourth-order valence-corrected chi connectivity index (χ4v) is 3.56. The second-order valence-corrected chi connectivity index (χ2v) is 10.8. The van der Waals surface area contributed by atoms with E-state index in [9.17, 15) is 5.26 Å². The van der Waals surface area contributed by atoms with Gasteiger partial charge in [-0.25, -0.2) is 0 Å². The van der Waals surface area contributed by atoms with E-state index in [-0.39, 0.29) is 27.6 Å². The molecule has 144 valence electrons. The van der Waals surface area contributed by atoms with Crippen LogP contribution in [0.1, 0.15) is 88.5 Å². The lowest BCUT2D eigenvalue weighted by molar-refractivity contribution is 0.0143. The van der Waals surface area contributed by atoms with Crippen molar-refractivity contribution < 1.29 is 0 Å². The molecule has 0 spiro atoms. The Kier molecular flexibility index (Phi) is 8.22. The molecule has 0 rings (SSSR count). The van der Waals surface area contributed by atoms with Gasteiger partial charge >= 0.3 is 0 Å². The van der Waals surface area contributed by atoms with Crippen molar-refractivity contribution in [3.05, 3.63) is 24.8 Å². The molecule has 0 N–H and O–H groups in total. The molecule has 0 aromatic heterocycles. The van der Waals surface area contributed by atoms with Crippen LogP contribution in [-0.4, -0.2) is 0 Å². The molecule has 1 nitrogen and oxygen atoms in total. The normalized spacial score (nSPS) is 16.5. The smallest absolute Gasteiger partial charge is 0.0661 e. The van der Waals surface area contributed by atoms with Crippen LogP contribution >= 0.6 is 0 Å². The van der Waals surface area contributed by atoms with E-state index in [1.807, 2.05) is 0 Å². The molecular weight excluding hydrogens is 302 g/mol. The highest BCUT2D eigenvalue weighted by Gasteiger charge is 2.46. The molecule has 2 unspecified atom stereocenters. The summed E-state index contributed by atoms with van der Waals surface area (Å²) >= 11 is 0. The third-order valence-corrected chi connectivity index (χ3v) is 6.56. The SMILES string of the molecule is C=CC(CC(C)(C)C(C)(C)C(C#N)CC(C)(C)C/C=C\C)C(C)(C)C. The Labute approximate surface area is 158 Å². The molecule has 0 aliphatic heterocycles. The fraction of sp³-hybridized carbons (Fsp3) is 0.792. The number of allylic oxidation sites excluding steroid dienone is 3. The molecule has 0 aliphatic carbocycles. The highest BCUT2D eigenvalue weighted by atomic mass is 14.5. The molecule has 0 heterocycles. The van der Waals surface area contributed by atoms with Gasteiger partial charge in [-0.15, -0.1) is 6.58 Å². The van der Waals surface area contributed by atoms with Crippen molar-refractivity contribution in [1.29, 1.82) is 5.26 Å². The van der Waals surface area contributed by atoms with Gasteiger partial charge < -0.3 is 0 Å². The summed E-state index contributed by atoms with van der Waals surface area (Å²) in [6, 6.07) is 2.66. The van der Waals surface area contributed by atoms with Gasteiger partial charge in [-0.2, -0.15) is 5.26 Å². The van der Waals surface area contributed by atoms with Crippen LogP contribution in [0.4, 0.5) is 0 Å². The van der Waals surface area contributed by atoms with E-state index in [4.69, 9.17) is 0 Å². The molecule has 2 atom stereocenters. The Morgan fingerprint density at radius 1 is 0.960 bits per heavy atom. The predicted molar refractivity (Wildman–Crippen MR) is 112 cm³/mol. The summed E-state index contributed by atoms with van der Waals surface area (Å²) < 4.78 is 0. The zero-order chi connectivity index (χ0) is 20.1. The number of nitrogens with zero attached hydrogens (tertiary/aromatic N) is 1. The van der Waals surface area contributed by atoms with Crippen molar-refractivity contribution in [2.75, 3.05) is 0 Å². The molecule has 0 bridgehead atoms. The van der Waals surface area contributed by atoms with Gasteiger partial charge in [0.15, 0.2) is 0 Å². The number of hydrogen-bond acceptors (Lipinski definition) is 1. The van der Waals surface area contributed by atoms with Crippen molar-refractivity contribution in [2.24, 2.45) is 33.5 Å². The van der Waals surface area contributed by atoms with E-state index >= 15 is 0 Å². The van der Waals surface area contributed by atoms with Gasteiger partial charge in [0.2, 0.25) is 0 Å². The average Bonchev–Trinajstić information content (AvgIpc) is 2.46. The lowest BCUT2D eigenvalue weighted by atomic mass is 9.55. The Balaban J connectivity index is 5.52. The Hall–Kier alpha value is -1.03.